The van der Waals surface area contributed by atoms with Gasteiger partial charge in [-0.3, -0.25) is 5.41 Å². The van der Waals surface area contributed by atoms with Gasteiger partial charge in [-0.1, -0.05) is 36.9 Å². The van der Waals surface area contributed by atoms with E-state index in [1.165, 1.54) is 19.3 Å². The monoisotopic (exact) mass is 528 g/mol. The quantitative estimate of drug-likeness (QED) is 0.366. The molecule has 2 aromatic rings. The molecule has 0 bridgehead atoms. The molecule has 1 unspecified atom stereocenters. The van der Waals surface area contributed by atoms with Gasteiger partial charge in [0.05, 0.1) is 5.69 Å². The Labute approximate surface area is 220 Å². The first-order chi connectivity index (χ1) is 17.9. The molecule has 37 heavy (non-hydrogen) atoms. The molecule has 198 valence electrons. The second-order valence-corrected chi connectivity index (χ2v) is 10.5. The average molecular weight is 529 g/mol. The number of carbonyl (C=O) groups is 1. The van der Waals surface area contributed by atoms with Crippen LogP contribution in [0.4, 0.5) is 4.79 Å². The number of rotatable bonds is 6. The van der Waals surface area contributed by atoms with Crippen LogP contribution in [-0.4, -0.2) is 49.8 Å². The van der Waals surface area contributed by atoms with E-state index in [9.17, 15) is 9.90 Å². The van der Waals surface area contributed by atoms with Crippen LogP contribution in [0.25, 0.3) is 16.7 Å². The Morgan fingerprint density at radius 1 is 1.22 bits per heavy atom. The molecule has 1 saturated heterocycles. The van der Waals surface area contributed by atoms with Gasteiger partial charge in [-0.15, -0.1) is 0 Å². The minimum absolute atomic E-state index is 0.0225. The van der Waals surface area contributed by atoms with Crippen LogP contribution in [-0.2, 0) is 16.0 Å². The molecular formula is C26H33ClN6O4. The van der Waals surface area contributed by atoms with Gasteiger partial charge in [0, 0.05) is 24.8 Å². The fraction of sp³-hybridized carbons (Fsp3) is 0.577. The first-order valence-electron chi connectivity index (χ1n) is 13.1. The molecule has 5 rings (SSSR count). The molecule has 0 spiro atoms. The number of carbonyl (C=O) groups excluding carboxylic acids is 1. The highest BCUT2D eigenvalue weighted by Crippen LogP contribution is 2.37. The summed E-state index contributed by atoms with van der Waals surface area (Å²) in [5, 5.41) is 20.3. The minimum atomic E-state index is -1.11. The number of primary amides is 1. The largest absolute Gasteiger partial charge is 0.411 e. The summed E-state index contributed by atoms with van der Waals surface area (Å²) in [6.45, 7) is 1.92. The van der Waals surface area contributed by atoms with Crippen molar-refractivity contribution in [2.24, 2.45) is 17.6 Å². The highest BCUT2D eigenvalue weighted by molar-refractivity contribution is 6.31. The minimum Gasteiger partial charge on any atom is -0.388 e. The molecule has 4 N–H and O–H groups in total. The number of hydrogen-bond acceptors (Lipinski definition) is 8. The lowest BCUT2D eigenvalue weighted by Crippen LogP contribution is -2.25. The third-order valence-corrected chi connectivity index (χ3v) is 7.81. The van der Waals surface area contributed by atoms with Crippen molar-refractivity contribution in [1.29, 1.82) is 5.41 Å². The maximum absolute atomic E-state index is 11.5. The summed E-state index contributed by atoms with van der Waals surface area (Å²) in [5.74, 6) is 0.388. The molecule has 1 aliphatic heterocycles. The number of halogens is 1. The van der Waals surface area contributed by atoms with Crippen molar-refractivity contribution in [1.82, 2.24) is 19.5 Å². The molecule has 10 nitrogen and oxygen atoms in total. The molecule has 1 saturated carbocycles. The van der Waals surface area contributed by atoms with E-state index in [2.05, 4.69) is 14.5 Å². The van der Waals surface area contributed by atoms with E-state index < -0.39 is 18.1 Å². The zero-order chi connectivity index (χ0) is 25.9. The van der Waals surface area contributed by atoms with E-state index in [4.69, 9.17) is 37.2 Å². The number of aliphatic hydroxyl groups is 1. The summed E-state index contributed by atoms with van der Waals surface area (Å²) in [6, 6.07) is 0. The lowest BCUT2D eigenvalue weighted by molar-refractivity contribution is 0.00231. The number of fused-ring (bicyclic) bond motifs is 1. The van der Waals surface area contributed by atoms with Gasteiger partial charge < -0.3 is 24.9 Å². The predicted molar refractivity (Wildman–Crippen MR) is 139 cm³/mol. The van der Waals surface area contributed by atoms with Gasteiger partial charge in [0.15, 0.2) is 5.65 Å². The summed E-state index contributed by atoms with van der Waals surface area (Å²) in [5.41, 5.74) is 7.66. The van der Waals surface area contributed by atoms with Crippen molar-refractivity contribution in [3.05, 3.63) is 34.5 Å². The first kappa shape index (κ1) is 25.8. The maximum atomic E-state index is 11.5. The number of ether oxygens (including phenoxy) is 2. The van der Waals surface area contributed by atoms with Crippen molar-refractivity contribution in [3.63, 3.8) is 0 Å². The molecule has 3 heterocycles. The molecule has 1 amide bonds. The van der Waals surface area contributed by atoms with Crippen molar-refractivity contribution in [2.45, 2.75) is 70.4 Å². The number of imidazole rings is 1. The highest BCUT2D eigenvalue weighted by atomic mass is 35.5. The van der Waals surface area contributed by atoms with Crippen LogP contribution in [0.5, 0.6) is 0 Å². The van der Waals surface area contributed by atoms with Crippen molar-refractivity contribution in [3.8, 4) is 0 Å². The lowest BCUT2D eigenvalue weighted by atomic mass is 9.88. The van der Waals surface area contributed by atoms with E-state index in [1.54, 1.807) is 0 Å². The fourth-order valence-corrected chi connectivity index (χ4v) is 5.90. The lowest BCUT2D eigenvalue weighted by Gasteiger charge is -2.28. The summed E-state index contributed by atoms with van der Waals surface area (Å²) >= 11 is 6.38. The second kappa shape index (κ2) is 11.3. The van der Waals surface area contributed by atoms with Crippen molar-refractivity contribution < 1.29 is 19.4 Å². The van der Waals surface area contributed by atoms with E-state index >= 15 is 0 Å². The maximum Gasteiger partial charge on any atom is 0.411 e. The zero-order valence-electron chi connectivity index (χ0n) is 20.8. The Balaban J connectivity index is 1.68. The van der Waals surface area contributed by atoms with E-state index in [0.29, 0.717) is 59.8 Å². The van der Waals surface area contributed by atoms with Crippen LogP contribution in [0, 0.1) is 17.2 Å². The van der Waals surface area contributed by atoms with E-state index in [-0.39, 0.29) is 11.7 Å². The average Bonchev–Trinajstić information content (AvgIpc) is 3.26. The SMILES string of the molecule is N=C(OC(N)=O)c1nc(C2=CC(Cl)=CCC2)c2c(n1)nc(C(O)C1CCOCC1)n2CC1CCCCC1. The third kappa shape index (κ3) is 5.71. The van der Waals surface area contributed by atoms with Gasteiger partial charge in [-0.2, -0.15) is 0 Å². The molecule has 3 aliphatic rings. The summed E-state index contributed by atoms with van der Waals surface area (Å²) < 4.78 is 12.4. The van der Waals surface area contributed by atoms with Gasteiger partial charge in [-0.25, -0.2) is 19.7 Å². The molecule has 2 aliphatic carbocycles. The number of nitrogens with one attached hydrogen (secondary N) is 1. The second-order valence-electron chi connectivity index (χ2n) is 10.1. The normalized spacial score (nSPS) is 20.4. The molecular weight excluding hydrogens is 496 g/mol. The number of nitrogens with zero attached hydrogens (tertiary/aromatic N) is 4. The van der Waals surface area contributed by atoms with Crippen LogP contribution in [0.1, 0.15) is 81.2 Å². The molecule has 2 aromatic heterocycles. The van der Waals surface area contributed by atoms with E-state index in [0.717, 1.165) is 37.7 Å². The number of amides is 1. The van der Waals surface area contributed by atoms with Gasteiger partial charge in [0.25, 0.3) is 5.90 Å². The van der Waals surface area contributed by atoms with Gasteiger partial charge in [0.1, 0.15) is 17.4 Å². The standard InChI is InChI=1S/C26H33ClN6O4/c27-18-8-4-7-17(13-18)19-20-23(31-24(30-19)22(28)37-26(29)35)32-25(21(34)16-9-11-36-12-10-16)33(20)14-15-5-2-1-3-6-15/h8,13,15-16,21,28,34H,1-7,9-12,14H2,(H2,29,35). The van der Waals surface area contributed by atoms with Gasteiger partial charge in [0.2, 0.25) is 5.82 Å². The summed E-state index contributed by atoms with van der Waals surface area (Å²) in [4.78, 5) is 25.3. The van der Waals surface area contributed by atoms with Crippen LogP contribution >= 0.6 is 11.6 Å². The molecule has 0 aromatic carbocycles. The number of nitrogens with two attached hydrogens (primary N) is 1. The van der Waals surface area contributed by atoms with Crippen LogP contribution in [0.15, 0.2) is 17.2 Å². The van der Waals surface area contributed by atoms with Crippen LogP contribution in [0.2, 0.25) is 0 Å². The van der Waals surface area contributed by atoms with Crippen LogP contribution in [0.3, 0.4) is 0 Å². The molecule has 2 fully saturated rings. The number of aromatic nitrogens is 4. The molecule has 0 radical (unpaired) electrons. The van der Waals surface area contributed by atoms with Crippen LogP contribution < -0.4 is 5.73 Å². The Morgan fingerprint density at radius 2 is 1.97 bits per heavy atom. The first-order valence-corrected chi connectivity index (χ1v) is 13.4. The topological polar surface area (TPSA) is 149 Å². The molecule has 1 atom stereocenters. The number of allylic oxidation sites excluding steroid dienone is 4. The number of aliphatic hydroxyl groups excluding tert-OH is 1. The molecule has 11 heteroatoms. The Bertz CT molecular complexity index is 1240. The summed E-state index contributed by atoms with van der Waals surface area (Å²) in [7, 11) is 0. The highest BCUT2D eigenvalue weighted by Gasteiger charge is 2.32. The van der Waals surface area contributed by atoms with E-state index in [1.807, 2.05) is 12.2 Å². The third-order valence-electron chi connectivity index (χ3n) is 7.55. The van der Waals surface area contributed by atoms with Crippen molar-refractivity contribution >= 4 is 40.3 Å². The fourth-order valence-electron chi connectivity index (χ4n) is 5.66. The smallest absolute Gasteiger partial charge is 0.388 e. The predicted octanol–water partition coefficient (Wildman–Crippen LogP) is 4.59. The summed E-state index contributed by atoms with van der Waals surface area (Å²) in [6.07, 6.45) is 10.7. The Morgan fingerprint density at radius 3 is 2.68 bits per heavy atom. The zero-order valence-corrected chi connectivity index (χ0v) is 21.5. The number of hydrogen-bond donors (Lipinski definition) is 3. The van der Waals surface area contributed by atoms with Gasteiger partial charge in [-0.05, 0) is 62.0 Å². The Kier molecular flexibility index (Phi) is 7.87. The Hall–Kier alpha value is -2.82. The van der Waals surface area contributed by atoms with Crippen molar-refractivity contribution in [2.75, 3.05) is 13.2 Å². The van der Waals surface area contributed by atoms with Gasteiger partial charge >= 0.3 is 6.09 Å².